The molecule has 0 bridgehead atoms. The minimum atomic E-state index is -0.348. The molecule has 0 unspecified atom stereocenters. The third-order valence-electron chi connectivity index (χ3n) is 3.69. The van der Waals surface area contributed by atoms with E-state index in [2.05, 4.69) is 15.1 Å². The predicted octanol–water partition coefficient (Wildman–Crippen LogP) is 2.55. The van der Waals surface area contributed by atoms with E-state index in [1.165, 1.54) is 15.9 Å². The molecule has 0 atom stereocenters. The SMILES string of the molecule is CCc1nn2c(N)c(/C=C3\C=Nc4ccccc43)c(=O)nc2s1. The van der Waals surface area contributed by atoms with Crippen LogP contribution in [-0.4, -0.2) is 20.8 Å². The summed E-state index contributed by atoms with van der Waals surface area (Å²) in [5.74, 6) is 0.307. The van der Waals surface area contributed by atoms with Crippen LogP contribution < -0.4 is 11.3 Å². The second kappa shape index (κ2) is 5.13. The first-order chi connectivity index (χ1) is 11.2. The lowest BCUT2D eigenvalue weighted by atomic mass is 10.1. The Kier molecular flexibility index (Phi) is 3.09. The van der Waals surface area contributed by atoms with Crippen LogP contribution in [0, 0.1) is 0 Å². The Balaban J connectivity index is 1.92. The molecule has 1 aliphatic heterocycles. The normalized spacial score (nSPS) is 14.7. The summed E-state index contributed by atoms with van der Waals surface area (Å²) < 4.78 is 1.54. The van der Waals surface area contributed by atoms with Gasteiger partial charge in [-0.2, -0.15) is 14.6 Å². The second-order valence-corrected chi connectivity index (χ2v) is 6.18. The molecule has 7 heteroatoms. The summed E-state index contributed by atoms with van der Waals surface area (Å²) in [7, 11) is 0. The van der Waals surface area contributed by atoms with Gasteiger partial charge in [0.15, 0.2) is 0 Å². The van der Waals surface area contributed by atoms with E-state index in [0.717, 1.165) is 28.3 Å². The van der Waals surface area contributed by atoms with Crippen molar-refractivity contribution >= 4 is 45.7 Å². The molecule has 2 aromatic heterocycles. The fraction of sp³-hybridized carbons (Fsp3) is 0.125. The van der Waals surface area contributed by atoms with Crippen LogP contribution in [-0.2, 0) is 6.42 Å². The van der Waals surface area contributed by atoms with E-state index in [0.29, 0.717) is 16.3 Å². The van der Waals surface area contributed by atoms with E-state index in [9.17, 15) is 4.79 Å². The number of para-hydroxylation sites is 1. The molecule has 1 aromatic carbocycles. The molecule has 0 saturated carbocycles. The molecule has 114 valence electrons. The van der Waals surface area contributed by atoms with E-state index in [1.807, 2.05) is 31.2 Å². The molecule has 0 amide bonds. The Morgan fingerprint density at radius 2 is 2.17 bits per heavy atom. The number of anilines is 1. The molecular formula is C16H13N5OS. The van der Waals surface area contributed by atoms with E-state index in [1.54, 1.807) is 12.3 Å². The Morgan fingerprint density at radius 3 is 3.00 bits per heavy atom. The van der Waals surface area contributed by atoms with Gasteiger partial charge < -0.3 is 5.73 Å². The summed E-state index contributed by atoms with van der Waals surface area (Å²) in [6.07, 6.45) is 4.24. The molecule has 6 nitrogen and oxygen atoms in total. The number of nitrogen functional groups attached to an aromatic ring is 1. The van der Waals surface area contributed by atoms with Gasteiger partial charge in [0.1, 0.15) is 10.8 Å². The topological polar surface area (TPSA) is 85.6 Å². The highest BCUT2D eigenvalue weighted by atomic mass is 32.1. The Bertz CT molecular complexity index is 1040. The van der Waals surface area contributed by atoms with Crippen molar-refractivity contribution in [3.8, 4) is 0 Å². The lowest BCUT2D eigenvalue weighted by molar-refractivity contribution is 0.892. The number of nitrogens with two attached hydrogens (primary N) is 1. The smallest absolute Gasteiger partial charge is 0.283 e. The number of aliphatic imine (C=N–C) groups is 1. The van der Waals surface area contributed by atoms with Crippen molar-refractivity contribution in [3.63, 3.8) is 0 Å². The maximum absolute atomic E-state index is 12.3. The monoisotopic (exact) mass is 323 g/mol. The van der Waals surface area contributed by atoms with Gasteiger partial charge in [0, 0.05) is 17.4 Å². The van der Waals surface area contributed by atoms with Crippen LogP contribution in [0.4, 0.5) is 11.5 Å². The van der Waals surface area contributed by atoms with Crippen LogP contribution in [0.1, 0.15) is 23.1 Å². The molecule has 0 aliphatic carbocycles. The van der Waals surface area contributed by atoms with Crippen molar-refractivity contribution < 1.29 is 0 Å². The lowest BCUT2D eigenvalue weighted by Gasteiger charge is -2.03. The van der Waals surface area contributed by atoms with Gasteiger partial charge >= 0.3 is 0 Å². The summed E-state index contributed by atoms with van der Waals surface area (Å²) in [4.78, 5) is 21.3. The summed E-state index contributed by atoms with van der Waals surface area (Å²) >= 11 is 1.38. The summed E-state index contributed by atoms with van der Waals surface area (Å²) in [5.41, 5.74) is 8.86. The quantitative estimate of drug-likeness (QED) is 0.785. The summed E-state index contributed by atoms with van der Waals surface area (Å²) in [6, 6.07) is 7.76. The van der Waals surface area contributed by atoms with E-state index in [4.69, 9.17) is 5.73 Å². The Morgan fingerprint density at radius 1 is 1.35 bits per heavy atom. The molecule has 0 radical (unpaired) electrons. The first kappa shape index (κ1) is 13.8. The molecule has 3 heterocycles. The zero-order valence-electron chi connectivity index (χ0n) is 12.4. The van der Waals surface area contributed by atoms with Gasteiger partial charge in [-0.05, 0) is 18.6 Å². The molecule has 0 fully saturated rings. The molecule has 1 aliphatic rings. The number of aryl methyl sites for hydroxylation is 1. The number of rotatable bonds is 2. The number of nitrogens with zero attached hydrogens (tertiary/aromatic N) is 4. The van der Waals surface area contributed by atoms with Gasteiger partial charge in [-0.1, -0.05) is 36.5 Å². The van der Waals surface area contributed by atoms with Crippen LogP contribution >= 0.6 is 11.3 Å². The highest BCUT2D eigenvalue weighted by molar-refractivity contribution is 7.16. The highest BCUT2D eigenvalue weighted by Gasteiger charge is 2.16. The second-order valence-electron chi connectivity index (χ2n) is 5.13. The van der Waals surface area contributed by atoms with Gasteiger partial charge in [0.05, 0.1) is 11.3 Å². The number of hydrogen-bond donors (Lipinski definition) is 1. The Hall–Kier alpha value is -2.80. The third kappa shape index (κ3) is 2.17. The largest absolute Gasteiger partial charge is 0.383 e. The average Bonchev–Trinajstić information content (AvgIpc) is 3.15. The van der Waals surface area contributed by atoms with Gasteiger partial charge in [-0.15, -0.1) is 0 Å². The van der Waals surface area contributed by atoms with Crippen LogP contribution in [0.25, 0.3) is 16.6 Å². The maximum Gasteiger partial charge on any atom is 0.283 e. The fourth-order valence-corrected chi connectivity index (χ4v) is 3.34. The molecular weight excluding hydrogens is 310 g/mol. The number of benzene rings is 1. The van der Waals surface area contributed by atoms with Crippen LogP contribution in [0.15, 0.2) is 34.1 Å². The highest BCUT2D eigenvalue weighted by Crippen LogP contribution is 2.32. The maximum atomic E-state index is 12.3. The van der Waals surface area contributed by atoms with Crippen LogP contribution in [0.5, 0.6) is 0 Å². The number of fused-ring (bicyclic) bond motifs is 2. The van der Waals surface area contributed by atoms with Gasteiger partial charge in [0.2, 0.25) is 4.96 Å². The number of aromatic nitrogens is 3. The van der Waals surface area contributed by atoms with Gasteiger partial charge in [0.25, 0.3) is 5.56 Å². The van der Waals surface area contributed by atoms with E-state index >= 15 is 0 Å². The molecule has 4 rings (SSSR count). The molecule has 2 N–H and O–H groups in total. The molecule has 3 aromatic rings. The predicted molar refractivity (Wildman–Crippen MR) is 93.4 cm³/mol. The lowest BCUT2D eigenvalue weighted by Crippen LogP contribution is -2.16. The average molecular weight is 323 g/mol. The summed E-state index contributed by atoms with van der Waals surface area (Å²) in [6.45, 7) is 2.00. The van der Waals surface area contributed by atoms with E-state index in [-0.39, 0.29) is 5.56 Å². The van der Waals surface area contributed by atoms with Crippen molar-refractivity contribution in [1.82, 2.24) is 14.6 Å². The fourth-order valence-electron chi connectivity index (χ4n) is 2.51. The van der Waals surface area contributed by atoms with Crippen molar-refractivity contribution in [2.45, 2.75) is 13.3 Å². The van der Waals surface area contributed by atoms with Crippen molar-refractivity contribution in [2.75, 3.05) is 5.73 Å². The zero-order chi connectivity index (χ0) is 16.0. The first-order valence-electron chi connectivity index (χ1n) is 7.20. The first-order valence-corrected chi connectivity index (χ1v) is 8.02. The molecule has 0 saturated heterocycles. The molecule has 23 heavy (non-hydrogen) atoms. The van der Waals surface area contributed by atoms with Gasteiger partial charge in [-0.3, -0.25) is 9.79 Å². The minimum absolute atomic E-state index is 0.307. The zero-order valence-corrected chi connectivity index (χ0v) is 13.2. The molecule has 0 spiro atoms. The van der Waals surface area contributed by atoms with Crippen LogP contribution in [0.2, 0.25) is 0 Å². The minimum Gasteiger partial charge on any atom is -0.383 e. The van der Waals surface area contributed by atoms with Crippen molar-refractivity contribution in [3.05, 3.63) is 50.8 Å². The Labute approximate surface area is 135 Å². The van der Waals surface area contributed by atoms with Gasteiger partial charge in [-0.25, -0.2) is 0 Å². The van der Waals surface area contributed by atoms with Crippen LogP contribution in [0.3, 0.4) is 0 Å². The van der Waals surface area contributed by atoms with E-state index < -0.39 is 0 Å². The number of hydrogen-bond acceptors (Lipinski definition) is 6. The standard InChI is InChI=1S/C16H13N5OS/c1-2-13-20-21-14(17)11(15(22)19-16(21)23-13)7-9-8-18-12-6-4-3-5-10(9)12/h3-8H,2,17H2,1H3/b9-7+. The summed E-state index contributed by atoms with van der Waals surface area (Å²) in [5, 5.41) is 5.29. The third-order valence-corrected chi connectivity index (χ3v) is 4.75. The van der Waals surface area contributed by atoms with Crippen molar-refractivity contribution in [1.29, 1.82) is 0 Å². The van der Waals surface area contributed by atoms with Crippen molar-refractivity contribution in [2.24, 2.45) is 4.99 Å². The number of allylic oxidation sites excluding steroid dienone is 1.